The molecule has 0 saturated carbocycles. The molecule has 0 radical (unpaired) electrons. The van der Waals surface area contributed by atoms with E-state index in [1.165, 1.54) is 51.0 Å². The van der Waals surface area contributed by atoms with Gasteiger partial charge in [-0.25, -0.2) is 18.7 Å². The molecule has 3 amide bonds. The molecule has 0 fully saturated rings. The predicted molar refractivity (Wildman–Crippen MR) is 172 cm³/mol. The van der Waals surface area contributed by atoms with Crippen molar-refractivity contribution in [1.82, 2.24) is 34.3 Å². The van der Waals surface area contributed by atoms with E-state index in [1.54, 1.807) is 51.5 Å². The van der Waals surface area contributed by atoms with Crippen molar-refractivity contribution in [1.29, 1.82) is 0 Å². The summed E-state index contributed by atoms with van der Waals surface area (Å²) in [4.78, 5) is 64.6. The molecule has 3 aromatic heterocycles. The summed E-state index contributed by atoms with van der Waals surface area (Å²) >= 11 is 0. The second-order valence-electron chi connectivity index (χ2n) is 11.0. The standard InChI is InChI=1S/C33H32F2N8O5/c1-41(2)29(44)12-5-4-8-23(38-32(46)25-17-36-19-42(25)3)31(45)39-24-10-7-15-43(33(24)47)18-28-37-22-9-6-11-27(30(22)40-28)48-26-14-13-20(34)16-21(26)35/h5-7,9-17,19,23H,4,8,18H2,1-3H3,(H,37,40)(H,38,46)(H,39,45)/b12-5+. The monoisotopic (exact) mass is 658 g/mol. The van der Waals surface area contributed by atoms with Crippen molar-refractivity contribution in [2.24, 2.45) is 7.05 Å². The van der Waals surface area contributed by atoms with Crippen molar-refractivity contribution in [3.63, 3.8) is 0 Å². The number of aromatic nitrogens is 5. The lowest BCUT2D eigenvalue weighted by molar-refractivity contribution is -0.123. The molecule has 0 saturated heterocycles. The van der Waals surface area contributed by atoms with Crippen LogP contribution < -0.4 is 20.9 Å². The van der Waals surface area contributed by atoms with Gasteiger partial charge in [-0.15, -0.1) is 0 Å². The summed E-state index contributed by atoms with van der Waals surface area (Å²) in [6.45, 7) is -0.0209. The molecule has 1 unspecified atom stereocenters. The second-order valence-corrected chi connectivity index (χ2v) is 11.0. The molecule has 0 spiro atoms. The van der Waals surface area contributed by atoms with Gasteiger partial charge in [0, 0.05) is 33.4 Å². The van der Waals surface area contributed by atoms with Crippen molar-refractivity contribution in [2.75, 3.05) is 19.4 Å². The molecule has 3 N–H and O–H groups in total. The van der Waals surface area contributed by atoms with E-state index in [2.05, 4.69) is 25.6 Å². The smallest absolute Gasteiger partial charge is 0.274 e. The number of benzene rings is 2. The molecule has 3 heterocycles. The number of allylic oxidation sites excluding steroid dienone is 1. The van der Waals surface area contributed by atoms with Gasteiger partial charge in [0.25, 0.3) is 11.5 Å². The van der Waals surface area contributed by atoms with Gasteiger partial charge in [0.05, 0.1) is 24.6 Å². The first kappa shape index (κ1) is 33.2. The predicted octanol–water partition coefficient (Wildman–Crippen LogP) is 3.74. The summed E-state index contributed by atoms with van der Waals surface area (Å²) in [5, 5.41) is 5.31. The lowest BCUT2D eigenvalue weighted by Crippen LogP contribution is -2.45. The Labute approximate surface area is 272 Å². The van der Waals surface area contributed by atoms with Gasteiger partial charge in [0.1, 0.15) is 34.6 Å². The number of carbonyl (C=O) groups excluding carboxylic acids is 3. The van der Waals surface area contributed by atoms with E-state index in [4.69, 9.17) is 4.74 Å². The number of anilines is 1. The summed E-state index contributed by atoms with van der Waals surface area (Å²) in [6.07, 6.45) is 7.74. The van der Waals surface area contributed by atoms with E-state index in [0.717, 1.165) is 6.07 Å². The van der Waals surface area contributed by atoms with Crippen LogP contribution in [0.5, 0.6) is 11.5 Å². The summed E-state index contributed by atoms with van der Waals surface area (Å²) in [7, 11) is 4.87. The van der Waals surface area contributed by atoms with Gasteiger partial charge >= 0.3 is 0 Å². The van der Waals surface area contributed by atoms with Crippen molar-refractivity contribution in [3.8, 4) is 11.5 Å². The quantitative estimate of drug-likeness (QED) is 0.173. The minimum atomic E-state index is -1.06. The molecular weight excluding hydrogens is 626 g/mol. The molecule has 13 nitrogen and oxygen atoms in total. The summed E-state index contributed by atoms with van der Waals surface area (Å²) in [6, 6.07) is 9.89. The molecule has 0 aliphatic rings. The normalized spacial score (nSPS) is 11.9. The number of imidazole rings is 2. The number of hydrogen-bond donors (Lipinski definition) is 3. The number of nitrogens with one attached hydrogen (secondary N) is 3. The van der Waals surface area contributed by atoms with Crippen LogP contribution in [0, 0.1) is 11.6 Å². The van der Waals surface area contributed by atoms with Crippen LogP contribution in [-0.2, 0) is 23.2 Å². The van der Waals surface area contributed by atoms with Crippen LogP contribution in [-0.4, -0.2) is 66.8 Å². The zero-order valence-corrected chi connectivity index (χ0v) is 26.2. The number of hydrogen-bond acceptors (Lipinski definition) is 7. The van der Waals surface area contributed by atoms with Crippen molar-refractivity contribution in [3.05, 3.63) is 113 Å². The van der Waals surface area contributed by atoms with Gasteiger partial charge in [-0.2, -0.15) is 0 Å². The second kappa shape index (κ2) is 14.5. The highest BCUT2D eigenvalue weighted by molar-refractivity contribution is 6.00. The molecule has 2 aromatic carbocycles. The summed E-state index contributed by atoms with van der Waals surface area (Å²) < 4.78 is 36.1. The number of halogens is 2. The molecule has 15 heteroatoms. The van der Waals surface area contributed by atoms with Crippen molar-refractivity contribution >= 4 is 34.4 Å². The first-order valence-corrected chi connectivity index (χ1v) is 14.8. The lowest BCUT2D eigenvalue weighted by Gasteiger charge is -2.18. The number of aryl methyl sites for hydroxylation is 1. The van der Waals surface area contributed by atoms with Crippen molar-refractivity contribution < 1.29 is 27.9 Å². The van der Waals surface area contributed by atoms with Crippen LogP contribution in [0.15, 0.2) is 84.2 Å². The van der Waals surface area contributed by atoms with Crippen LogP contribution in [0.3, 0.4) is 0 Å². The van der Waals surface area contributed by atoms with Gasteiger partial charge in [-0.05, 0) is 55.3 Å². The number of nitrogens with zero attached hydrogens (tertiary/aromatic N) is 5. The highest BCUT2D eigenvalue weighted by Gasteiger charge is 2.23. The average Bonchev–Trinajstić information content (AvgIpc) is 3.67. The number of H-pyrrole nitrogens is 1. The van der Waals surface area contributed by atoms with Crippen molar-refractivity contribution in [2.45, 2.75) is 25.4 Å². The Kier molecular flexibility index (Phi) is 10.1. The van der Waals surface area contributed by atoms with Gasteiger partial charge in [0.15, 0.2) is 17.3 Å². The Bertz CT molecular complexity index is 2070. The highest BCUT2D eigenvalue weighted by Crippen LogP contribution is 2.30. The van der Waals surface area contributed by atoms with E-state index in [1.807, 2.05) is 0 Å². The maximum Gasteiger partial charge on any atom is 0.274 e. The molecule has 0 aliphatic carbocycles. The van der Waals surface area contributed by atoms with Crippen LogP contribution in [0.4, 0.5) is 14.5 Å². The minimum Gasteiger partial charge on any atom is -0.452 e. The zero-order chi connectivity index (χ0) is 34.4. The third-order valence-electron chi connectivity index (χ3n) is 7.24. The van der Waals surface area contributed by atoms with Gasteiger partial charge in [0.2, 0.25) is 11.8 Å². The number of aromatic amines is 1. The van der Waals surface area contributed by atoms with Crippen LogP contribution in [0.25, 0.3) is 11.0 Å². The van der Waals surface area contributed by atoms with Gasteiger partial charge < -0.3 is 34.4 Å². The SMILES string of the molecule is CN(C)C(=O)/C=C/CCC(NC(=O)c1cncn1C)C(=O)Nc1cccn(Cc2nc3cccc(Oc4ccc(F)cc4F)c3[nH]2)c1=O. The first-order chi connectivity index (χ1) is 23.0. The number of carbonyl (C=O) groups is 3. The number of fused-ring (bicyclic) bond motifs is 1. The molecule has 5 aromatic rings. The van der Waals surface area contributed by atoms with E-state index in [9.17, 15) is 28.0 Å². The molecule has 1 atom stereocenters. The molecule has 248 valence electrons. The summed E-state index contributed by atoms with van der Waals surface area (Å²) in [5.74, 6) is -2.57. The van der Waals surface area contributed by atoms with Crippen LogP contribution in [0.1, 0.15) is 29.2 Å². The number of amides is 3. The average molecular weight is 659 g/mol. The first-order valence-electron chi connectivity index (χ1n) is 14.8. The number of rotatable bonds is 12. The Morgan fingerprint density at radius 2 is 1.92 bits per heavy atom. The molecule has 0 bridgehead atoms. The third kappa shape index (κ3) is 7.81. The highest BCUT2D eigenvalue weighted by atomic mass is 19.1. The number of para-hydroxylation sites is 1. The maximum atomic E-state index is 14.2. The van der Waals surface area contributed by atoms with E-state index >= 15 is 0 Å². The molecule has 5 rings (SSSR count). The topological polar surface area (TPSA) is 156 Å². The fourth-order valence-electron chi connectivity index (χ4n) is 4.70. The van der Waals surface area contributed by atoms with E-state index in [-0.39, 0.29) is 48.2 Å². The van der Waals surface area contributed by atoms with Crippen LogP contribution in [0.2, 0.25) is 0 Å². The fraction of sp³-hybridized carbons (Fsp3) is 0.212. The fourth-order valence-corrected chi connectivity index (χ4v) is 4.70. The van der Waals surface area contributed by atoms with Crippen LogP contribution >= 0.6 is 0 Å². The van der Waals surface area contributed by atoms with Gasteiger partial charge in [-0.1, -0.05) is 12.1 Å². The summed E-state index contributed by atoms with van der Waals surface area (Å²) in [5.41, 5.74) is 0.574. The van der Waals surface area contributed by atoms with E-state index in [0.29, 0.717) is 22.9 Å². The Balaban J connectivity index is 1.33. The minimum absolute atomic E-state index is 0.0209. The Morgan fingerprint density at radius 1 is 1.10 bits per heavy atom. The third-order valence-corrected chi connectivity index (χ3v) is 7.24. The zero-order valence-electron chi connectivity index (χ0n) is 26.2. The lowest BCUT2D eigenvalue weighted by atomic mass is 10.1. The molecular formula is C33H32F2N8O5. The largest absolute Gasteiger partial charge is 0.452 e. The molecule has 48 heavy (non-hydrogen) atoms. The van der Waals surface area contributed by atoms with Gasteiger partial charge in [-0.3, -0.25) is 19.2 Å². The Morgan fingerprint density at radius 3 is 2.65 bits per heavy atom. The number of pyridine rings is 1. The Hall–Kier alpha value is -6.12. The maximum absolute atomic E-state index is 14.2. The van der Waals surface area contributed by atoms with E-state index < -0.39 is 35.0 Å². The number of ether oxygens (including phenoxy) is 1. The molecule has 0 aliphatic heterocycles. The number of likely N-dealkylation sites (N-methyl/N-ethyl adjacent to an activating group) is 1.